The molecule has 0 saturated heterocycles. The minimum Gasteiger partial charge on any atom is -0.805 e. The summed E-state index contributed by atoms with van der Waals surface area (Å²) in [5.74, 6) is 0. The largest absolute Gasteiger partial charge is 0.805 e. The van der Waals surface area contributed by atoms with Crippen LogP contribution in [0.4, 0.5) is 0 Å². The van der Waals surface area contributed by atoms with Crippen LogP contribution in [0.15, 0.2) is 30.5 Å². The Balaban J connectivity index is 2.82. The number of pyridine rings is 1. The summed E-state index contributed by atoms with van der Waals surface area (Å²) in [7, 11) is -2.65. The zero-order valence-electron chi connectivity index (χ0n) is 11.9. The van der Waals surface area contributed by atoms with E-state index < -0.39 is 15.7 Å². The Bertz CT molecular complexity index is 861. The van der Waals surface area contributed by atoms with E-state index in [1.54, 1.807) is 13.0 Å². The van der Waals surface area contributed by atoms with Gasteiger partial charge in [-0.05, 0) is 49.7 Å². The number of hydrogen-bond donors (Lipinski definition) is 0. The van der Waals surface area contributed by atoms with E-state index in [1.807, 2.05) is 32.0 Å². The predicted octanol–water partition coefficient (Wildman–Crippen LogP) is 3.50. The molecule has 0 radical (unpaired) electrons. The summed E-state index contributed by atoms with van der Waals surface area (Å²) < 4.78 is 22.8. The first-order valence-electron chi connectivity index (χ1n) is 6.36. The van der Waals surface area contributed by atoms with Gasteiger partial charge in [0.05, 0.1) is 5.38 Å². The molecule has 2 rings (SSSR count). The molecule has 0 spiro atoms. The van der Waals surface area contributed by atoms with E-state index in [4.69, 9.17) is 11.6 Å². The molecule has 4 nitrogen and oxygen atoms in total. The van der Waals surface area contributed by atoms with Crippen molar-refractivity contribution in [2.24, 2.45) is 0 Å². The first-order valence-corrected chi connectivity index (χ1v) is 7.87. The van der Waals surface area contributed by atoms with Gasteiger partial charge in [-0.25, -0.2) is 0 Å². The van der Waals surface area contributed by atoms with Crippen molar-refractivity contribution in [2.75, 3.05) is 0 Å². The molecule has 0 aliphatic heterocycles. The van der Waals surface area contributed by atoms with Crippen molar-refractivity contribution in [3.63, 3.8) is 0 Å². The third-order valence-electron chi connectivity index (χ3n) is 3.43. The molecule has 0 bridgehead atoms. The minimum atomic E-state index is -2.65. The molecule has 1 aromatic heterocycles. The molecule has 1 atom stereocenters. The normalized spacial score (nSPS) is 12.2. The summed E-state index contributed by atoms with van der Waals surface area (Å²) in [6, 6.07) is 7.36. The van der Waals surface area contributed by atoms with Crippen molar-refractivity contribution in [1.82, 2.24) is 4.73 Å². The van der Waals surface area contributed by atoms with E-state index in [9.17, 15) is 13.6 Å². The van der Waals surface area contributed by atoms with E-state index in [2.05, 4.69) is 0 Å². The Morgan fingerprint density at radius 2 is 1.81 bits per heavy atom. The highest BCUT2D eigenvalue weighted by atomic mass is 35.5. The third kappa shape index (κ3) is 2.99. The lowest BCUT2D eigenvalue weighted by molar-refractivity contribution is 0.623. The second-order valence-corrected chi connectivity index (χ2v) is 6.29. The molecule has 21 heavy (non-hydrogen) atoms. The fourth-order valence-electron chi connectivity index (χ4n) is 2.28. The van der Waals surface area contributed by atoms with Crippen LogP contribution < -0.4 is 0 Å². The quantitative estimate of drug-likeness (QED) is 0.627. The Hall–Kier alpha value is -1.72. The van der Waals surface area contributed by atoms with Gasteiger partial charge >= 0.3 is 0 Å². The Kier molecular flexibility index (Phi) is 4.44. The van der Waals surface area contributed by atoms with Gasteiger partial charge in [0.1, 0.15) is 0 Å². The number of nitrogens with zero attached hydrogens (tertiary/aromatic N) is 1. The number of hydrogen-bond acceptors (Lipinski definition) is 3. The summed E-state index contributed by atoms with van der Waals surface area (Å²) in [6.07, 6.45) is 1.18. The van der Waals surface area contributed by atoms with Crippen LogP contribution >= 0.6 is 11.6 Å². The van der Waals surface area contributed by atoms with Crippen LogP contribution in [0.2, 0.25) is 0 Å². The fourth-order valence-corrected chi connectivity index (χ4v) is 3.53. The van der Waals surface area contributed by atoms with Crippen LogP contribution in [-0.4, -0.2) is 13.1 Å². The van der Waals surface area contributed by atoms with Crippen LogP contribution in [-0.2, 0) is 10.3 Å². The van der Waals surface area contributed by atoms with Crippen molar-refractivity contribution >= 4 is 21.9 Å². The van der Waals surface area contributed by atoms with Gasteiger partial charge in [0, 0.05) is 5.56 Å². The van der Waals surface area contributed by atoms with Gasteiger partial charge in [0.15, 0.2) is 4.64 Å². The van der Waals surface area contributed by atoms with Crippen molar-refractivity contribution in [3.8, 4) is 0 Å². The highest BCUT2D eigenvalue weighted by Crippen LogP contribution is 2.33. The molecule has 0 amide bonds. The summed E-state index contributed by atoms with van der Waals surface area (Å²) in [6.45, 7) is 5.58. The number of benzene rings is 1. The molecule has 1 unspecified atom stereocenters. The average molecular weight is 325 g/mol. The molecule has 112 valence electrons. The summed E-state index contributed by atoms with van der Waals surface area (Å²) in [5.41, 5.74) is 3.77. The van der Waals surface area contributed by atoms with Crippen LogP contribution in [0.5, 0.6) is 0 Å². The predicted molar refractivity (Wildman–Crippen MR) is 83.7 cm³/mol. The lowest BCUT2D eigenvalue weighted by Gasteiger charge is -2.20. The number of rotatable bonds is 2. The lowest BCUT2D eigenvalue weighted by Crippen LogP contribution is -2.06. The Morgan fingerprint density at radius 3 is 2.43 bits per heavy atom. The van der Waals surface area contributed by atoms with E-state index in [0.717, 1.165) is 16.7 Å². The number of aromatic nitrogens is 1. The molecular formula is C15H15ClNO3S-. The summed E-state index contributed by atoms with van der Waals surface area (Å²) in [5, 5.41) is 11.1. The fraction of sp³-hybridized carbons (Fsp3) is 0.267. The number of alkyl halides is 1. The van der Waals surface area contributed by atoms with Crippen molar-refractivity contribution in [2.45, 2.75) is 26.1 Å². The van der Waals surface area contributed by atoms with Gasteiger partial charge in [-0.15, -0.1) is 11.6 Å². The van der Waals surface area contributed by atoms with Crippen LogP contribution in [0.3, 0.4) is 0 Å². The molecule has 0 aliphatic rings. The highest BCUT2D eigenvalue weighted by Gasteiger charge is 2.18. The van der Waals surface area contributed by atoms with Gasteiger partial charge in [-0.3, -0.25) is 0 Å². The molecule has 2 aromatic rings. The van der Waals surface area contributed by atoms with Gasteiger partial charge in [-0.1, -0.05) is 23.8 Å². The van der Waals surface area contributed by atoms with Gasteiger partial charge in [-0.2, -0.15) is 8.42 Å². The monoisotopic (exact) mass is 324 g/mol. The molecule has 0 aliphatic carbocycles. The Labute approximate surface area is 129 Å². The van der Waals surface area contributed by atoms with Gasteiger partial charge < -0.3 is 9.94 Å². The Morgan fingerprint density at radius 1 is 1.14 bits per heavy atom. The highest BCUT2D eigenvalue weighted by molar-refractivity contribution is 7.63. The smallest absolute Gasteiger partial charge is 0.238 e. The molecule has 0 saturated carbocycles. The van der Waals surface area contributed by atoms with Crippen molar-refractivity contribution in [3.05, 3.63) is 68.1 Å². The topological polar surface area (TPSA) is 62.1 Å². The third-order valence-corrected chi connectivity index (χ3v) is 4.60. The standard InChI is InChI=1S/C15H15ClNO3S/c1-9-4-5-10(2)12(8-9)14(16)13-11(3)6-7-17(18)15(13)21(19)20/h4-8,14H,1-3H3/q-1. The van der Waals surface area contributed by atoms with Gasteiger partial charge in [0.25, 0.3) is 0 Å². The average Bonchev–Trinajstić information content (AvgIpc) is 2.42. The number of halogens is 1. The lowest BCUT2D eigenvalue weighted by atomic mass is 9.97. The van der Waals surface area contributed by atoms with Crippen LogP contribution in [0, 0.1) is 30.6 Å². The maximum Gasteiger partial charge on any atom is 0.238 e. The maximum atomic E-state index is 11.8. The van der Waals surface area contributed by atoms with E-state index >= 15 is 0 Å². The second-order valence-electron chi connectivity index (χ2n) is 5.00. The van der Waals surface area contributed by atoms with E-state index in [0.29, 0.717) is 15.9 Å². The molecule has 6 heteroatoms. The molecule has 0 N–H and O–H groups in total. The molecule has 0 fully saturated rings. The van der Waals surface area contributed by atoms with Crippen LogP contribution in [0.25, 0.3) is 0 Å². The summed E-state index contributed by atoms with van der Waals surface area (Å²) in [4.78, 5) is 0. The SMILES string of the molecule is Cc1ccc(C)c(C(Cl)c2c(C)ccn([O-])c2=S(=O)=O)c1. The van der Waals surface area contributed by atoms with Gasteiger partial charge in [0.2, 0.25) is 10.3 Å². The zero-order chi connectivity index (χ0) is 15.7. The molecule has 1 aromatic carbocycles. The van der Waals surface area contributed by atoms with E-state index in [1.165, 1.54) is 6.20 Å². The molecular weight excluding hydrogens is 310 g/mol. The summed E-state index contributed by atoms with van der Waals surface area (Å²) >= 11 is 6.51. The number of aryl methyl sites for hydroxylation is 3. The van der Waals surface area contributed by atoms with Crippen molar-refractivity contribution < 1.29 is 8.42 Å². The first kappa shape index (κ1) is 15.7. The minimum absolute atomic E-state index is 0.323. The van der Waals surface area contributed by atoms with E-state index in [-0.39, 0.29) is 4.64 Å². The van der Waals surface area contributed by atoms with Crippen LogP contribution in [0.1, 0.15) is 33.2 Å². The zero-order valence-corrected chi connectivity index (χ0v) is 13.5. The maximum absolute atomic E-state index is 11.8. The van der Waals surface area contributed by atoms with Crippen molar-refractivity contribution in [1.29, 1.82) is 0 Å². The molecule has 1 heterocycles. The first-order chi connectivity index (χ1) is 9.82. The second kappa shape index (κ2) is 5.95.